The highest BCUT2D eigenvalue weighted by molar-refractivity contribution is 5.94. The third-order valence-electron chi connectivity index (χ3n) is 4.12. The number of nitrogens with one attached hydrogen (secondary N) is 1. The van der Waals surface area contributed by atoms with Crippen LogP contribution in [-0.4, -0.2) is 36.7 Å². The Balaban J connectivity index is 1.99. The molecule has 2 rings (SSSR count). The van der Waals surface area contributed by atoms with E-state index in [1.54, 1.807) is 12.1 Å². The molecule has 5 heteroatoms. The third-order valence-corrected chi connectivity index (χ3v) is 4.12. The van der Waals surface area contributed by atoms with Crippen LogP contribution in [0.3, 0.4) is 0 Å². The summed E-state index contributed by atoms with van der Waals surface area (Å²) in [5.74, 6) is -1.10. The molecule has 1 saturated heterocycles. The lowest BCUT2D eigenvalue weighted by Crippen LogP contribution is -2.46. The van der Waals surface area contributed by atoms with Crippen LogP contribution in [0.2, 0.25) is 0 Å². The first-order chi connectivity index (χ1) is 10.1. The van der Waals surface area contributed by atoms with Crippen molar-refractivity contribution < 1.29 is 19.4 Å². The van der Waals surface area contributed by atoms with E-state index >= 15 is 0 Å². The number of carboxylic acid groups (broad SMARTS) is 1. The molecule has 2 N–H and O–H groups in total. The van der Waals surface area contributed by atoms with E-state index < -0.39 is 11.4 Å². The molecule has 1 heterocycles. The molecule has 0 bridgehead atoms. The van der Waals surface area contributed by atoms with Crippen LogP contribution >= 0.6 is 0 Å². The van der Waals surface area contributed by atoms with Gasteiger partial charge < -0.3 is 15.2 Å². The topological polar surface area (TPSA) is 75.6 Å². The Bertz CT molecular complexity index is 504. The fraction of sp³-hybridized carbons (Fsp3) is 0.500. The molecule has 1 amide bonds. The summed E-state index contributed by atoms with van der Waals surface area (Å²) in [4.78, 5) is 23.6. The van der Waals surface area contributed by atoms with E-state index in [0.717, 1.165) is 12.0 Å². The second-order valence-corrected chi connectivity index (χ2v) is 5.43. The Kier molecular flexibility index (Phi) is 4.96. The standard InChI is InChI=1S/C16H21NO4/c1-2-12-3-5-13(6-4-12)14(18)17-11-16(15(19)20)7-9-21-10-8-16/h3-6H,2,7-11H2,1H3,(H,17,18)(H,19,20). The highest BCUT2D eigenvalue weighted by Gasteiger charge is 2.40. The minimum Gasteiger partial charge on any atom is -0.481 e. The van der Waals surface area contributed by atoms with Gasteiger partial charge in [-0.2, -0.15) is 0 Å². The van der Waals surface area contributed by atoms with Crippen molar-refractivity contribution in [2.45, 2.75) is 26.2 Å². The first-order valence-corrected chi connectivity index (χ1v) is 7.26. The summed E-state index contributed by atoms with van der Waals surface area (Å²) in [5.41, 5.74) is 0.815. The number of carboxylic acids is 1. The van der Waals surface area contributed by atoms with Crippen molar-refractivity contribution in [3.63, 3.8) is 0 Å². The molecule has 0 unspecified atom stereocenters. The number of aliphatic carboxylic acids is 1. The molecule has 1 fully saturated rings. The molecular weight excluding hydrogens is 270 g/mol. The molecule has 114 valence electrons. The van der Waals surface area contributed by atoms with E-state index in [9.17, 15) is 14.7 Å². The van der Waals surface area contributed by atoms with Crippen LogP contribution in [0.1, 0.15) is 35.7 Å². The van der Waals surface area contributed by atoms with E-state index in [1.807, 2.05) is 12.1 Å². The summed E-state index contributed by atoms with van der Waals surface area (Å²) in [5, 5.41) is 12.2. The molecule has 1 aromatic carbocycles. The Morgan fingerprint density at radius 3 is 2.38 bits per heavy atom. The van der Waals surface area contributed by atoms with Crippen LogP contribution in [0, 0.1) is 5.41 Å². The first-order valence-electron chi connectivity index (χ1n) is 7.26. The summed E-state index contributed by atoms with van der Waals surface area (Å²) in [6.07, 6.45) is 1.78. The second kappa shape index (κ2) is 6.72. The summed E-state index contributed by atoms with van der Waals surface area (Å²) < 4.78 is 5.22. The van der Waals surface area contributed by atoms with E-state index in [1.165, 1.54) is 0 Å². The van der Waals surface area contributed by atoms with Crippen molar-refractivity contribution in [3.05, 3.63) is 35.4 Å². The van der Waals surface area contributed by atoms with E-state index in [0.29, 0.717) is 31.6 Å². The minimum atomic E-state index is -0.905. The van der Waals surface area contributed by atoms with Gasteiger partial charge in [0.25, 0.3) is 5.91 Å². The zero-order valence-corrected chi connectivity index (χ0v) is 12.2. The highest BCUT2D eigenvalue weighted by atomic mass is 16.5. The smallest absolute Gasteiger partial charge is 0.311 e. The second-order valence-electron chi connectivity index (χ2n) is 5.43. The number of carbonyl (C=O) groups is 2. The van der Waals surface area contributed by atoms with Crippen molar-refractivity contribution in [2.75, 3.05) is 19.8 Å². The monoisotopic (exact) mass is 291 g/mol. The maximum atomic E-state index is 12.1. The average molecular weight is 291 g/mol. The molecule has 0 aliphatic carbocycles. The molecule has 21 heavy (non-hydrogen) atoms. The molecule has 0 aromatic heterocycles. The number of ether oxygens (including phenoxy) is 1. The van der Waals surface area contributed by atoms with Crippen LogP contribution in [0.25, 0.3) is 0 Å². The van der Waals surface area contributed by atoms with Crippen LogP contribution in [0.4, 0.5) is 0 Å². The fourth-order valence-electron chi connectivity index (χ4n) is 2.47. The zero-order chi connectivity index (χ0) is 15.3. The van der Waals surface area contributed by atoms with Gasteiger partial charge in [-0.25, -0.2) is 0 Å². The van der Waals surface area contributed by atoms with Crippen molar-refractivity contribution in [3.8, 4) is 0 Å². The zero-order valence-electron chi connectivity index (χ0n) is 12.2. The lowest BCUT2D eigenvalue weighted by Gasteiger charge is -2.33. The molecule has 1 aliphatic rings. The predicted molar refractivity (Wildman–Crippen MR) is 78.3 cm³/mol. The van der Waals surface area contributed by atoms with Gasteiger partial charge in [-0.05, 0) is 37.0 Å². The predicted octanol–water partition coefficient (Wildman–Crippen LogP) is 1.86. The van der Waals surface area contributed by atoms with Gasteiger partial charge in [0.1, 0.15) is 0 Å². The third kappa shape index (κ3) is 3.61. The summed E-state index contributed by atoms with van der Waals surface area (Å²) in [6.45, 7) is 3.04. The van der Waals surface area contributed by atoms with Crippen molar-refractivity contribution >= 4 is 11.9 Å². The maximum absolute atomic E-state index is 12.1. The van der Waals surface area contributed by atoms with Gasteiger partial charge in [0, 0.05) is 25.3 Å². The molecule has 0 atom stereocenters. The van der Waals surface area contributed by atoms with E-state index in [-0.39, 0.29) is 12.5 Å². The van der Waals surface area contributed by atoms with E-state index in [4.69, 9.17) is 4.74 Å². The first kappa shape index (κ1) is 15.5. The normalized spacial score (nSPS) is 17.2. The van der Waals surface area contributed by atoms with E-state index in [2.05, 4.69) is 12.2 Å². The molecule has 1 aromatic rings. The summed E-state index contributed by atoms with van der Waals surface area (Å²) in [6, 6.07) is 7.36. The maximum Gasteiger partial charge on any atom is 0.311 e. The fourth-order valence-corrected chi connectivity index (χ4v) is 2.47. The number of hydrogen-bond donors (Lipinski definition) is 2. The average Bonchev–Trinajstić information content (AvgIpc) is 2.53. The Morgan fingerprint density at radius 2 is 1.86 bits per heavy atom. The number of benzene rings is 1. The van der Waals surface area contributed by atoms with Crippen molar-refractivity contribution in [1.82, 2.24) is 5.32 Å². The number of amides is 1. The number of carbonyl (C=O) groups excluding carboxylic acids is 1. The van der Waals surface area contributed by atoms with Crippen molar-refractivity contribution in [2.24, 2.45) is 5.41 Å². The molecule has 0 radical (unpaired) electrons. The van der Waals surface area contributed by atoms with Gasteiger partial charge in [-0.1, -0.05) is 19.1 Å². The van der Waals surface area contributed by atoms with Crippen LogP contribution in [0.5, 0.6) is 0 Å². The highest BCUT2D eigenvalue weighted by Crippen LogP contribution is 2.30. The van der Waals surface area contributed by atoms with Gasteiger partial charge in [-0.3, -0.25) is 9.59 Å². The lowest BCUT2D eigenvalue weighted by atomic mass is 9.80. The van der Waals surface area contributed by atoms with Gasteiger partial charge in [0.05, 0.1) is 5.41 Å². The largest absolute Gasteiger partial charge is 0.481 e. The summed E-state index contributed by atoms with van der Waals surface area (Å²) >= 11 is 0. The van der Waals surface area contributed by atoms with Gasteiger partial charge in [-0.15, -0.1) is 0 Å². The Morgan fingerprint density at radius 1 is 1.24 bits per heavy atom. The number of hydrogen-bond acceptors (Lipinski definition) is 3. The van der Waals surface area contributed by atoms with Crippen LogP contribution < -0.4 is 5.32 Å². The number of rotatable bonds is 5. The SMILES string of the molecule is CCc1ccc(C(=O)NCC2(C(=O)O)CCOCC2)cc1. The Labute approximate surface area is 124 Å². The lowest BCUT2D eigenvalue weighted by molar-refractivity contribution is -0.154. The Hall–Kier alpha value is -1.88. The van der Waals surface area contributed by atoms with Gasteiger partial charge in [0.2, 0.25) is 0 Å². The minimum absolute atomic E-state index is 0.139. The van der Waals surface area contributed by atoms with Gasteiger partial charge in [0.15, 0.2) is 0 Å². The van der Waals surface area contributed by atoms with Gasteiger partial charge >= 0.3 is 5.97 Å². The van der Waals surface area contributed by atoms with Crippen molar-refractivity contribution in [1.29, 1.82) is 0 Å². The molecule has 1 aliphatic heterocycles. The molecule has 5 nitrogen and oxygen atoms in total. The summed E-state index contributed by atoms with van der Waals surface area (Å²) in [7, 11) is 0. The number of aryl methyl sites for hydroxylation is 1. The molecular formula is C16H21NO4. The van der Waals surface area contributed by atoms with Crippen LogP contribution in [-0.2, 0) is 16.0 Å². The molecule has 0 spiro atoms. The quantitative estimate of drug-likeness (QED) is 0.868. The molecule has 0 saturated carbocycles. The van der Waals surface area contributed by atoms with Crippen LogP contribution in [0.15, 0.2) is 24.3 Å².